The minimum Gasteiger partial charge on any atom is -0.383 e. The minimum absolute atomic E-state index is 0.100. The predicted molar refractivity (Wildman–Crippen MR) is 141 cm³/mol. The van der Waals surface area contributed by atoms with Crippen molar-refractivity contribution in [2.24, 2.45) is 0 Å². The molecule has 178 valence electrons. The molecule has 0 aliphatic carbocycles. The summed E-state index contributed by atoms with van der Waals surface area (Å²) in [5.74, 6) is -0.868. The number of halogens is 1. The first-order chi connectivity index (χ1) is 17.0. The number of benzene rings is 3. The van der Waals surface area contributed by atoms with Crippen molar-refractivity contribution in [1.29, 1.82) is 0 Å². The number of amides is 2. The molecule has 0 saturated carbocycles. The van der Waals surface area contributed by atoms with Gasteiger partial charge in [-0.1, -0.05) is 52.3 Å². The van der Waals surface area contributed by atoms with Crippen LogP contribution in [-0.2, 0) is 9.53 Å². The summed E-state index contributed by atoms with van der Waals surface area (Å²) in [4.78, 5) is 32.8. The fourth-order valence-corrected chi connectivity index (χ4v) is 5.45. The van der Waals surface area contributed by atoms with E-state index in [0.717, 1.165) is 37.8 Å². The van der Waals surface area contributed by atoms with E-state index in [2.05, 4.69) is 26.2 Å². The molecule has 2 heterocycles. The number of nitrogens with zero attached hydrogens (tertiary/aromatic N) is 1. The molecule has 0 bridgehead atoms. The van der Waals surface area contributed by atoms with Gasteiger partial charge in [0.05, 0.1) is 18.6 Å². The summed E-state index contributed by atoms with van der Waals surface area (Å²) in [6.45, 7) is 2.70. The molecule has 1 aliphatic rings. The van der Waals surface area contributed by atoms with E-state index in [1.807, 2.05) is 73.8 Å². The summed E-state index contributed by atoms with van der Waals surface area (Å²) < 4.78 is 6.29. The van der Waals surface area contributed by atoms with Gasteiger partial charge in [0.15, 0.2) is 0 Å². The van der Waals surface area contributed by atoms with Crippen molar-refractivity contribution in [3.63, 3.8) is 0 Å². The van der Waals surface area contributed by atoms with Crippen molar-refractivity contribution < 1.29 is 14.3 Å². The molecular weight excluding hydrogens is 506 g/mol. The first-order valence-corrected chi connectivity index (χ1v) is 12.3. The molecule has 4 aromatic rings. The number of carbonyl (C=O) groups excluding carboxylic acids is 2. The summed E-state index contributed by atoms with van der Waals surface area (Å²) in [7, 11) is 1.61. The van der Waals surface area contributed by atoms with E-state index in [4.69, 9.17) is 4.74 Å². The molecule has 0 unspecified atom stereocenters. The van der Waals surface area contributed by atoms with Crippen LogP contribution in [0.2, 0.25) is 0 Å². The van der Waals surface area contributed by atoms with Crippen LogP contribution in [0.15, 0.2) is 77.4 Å². The smallest absolute Gasteiger partial charge is 0.254 e. The van der Waals surface area contributed by atoms with Crippen LogP contribution in [-0.4, -0.2) is 42.0 Å². The molecule has 0 radical (unpaired) electrons. The van der Waals surface area contributed by atoms with Crippen molar-refractivity contribution in [3.8, 4) is 0 Å². The van der Waals surface area contributed by atoms with Gasteiger partial charge in [0.1, 0.15) is 0 Å². The monoisotopic (exact) mass is 531 g/mol. The van der Waals surface area contributed by atoms with E-state index in [0.29, 0.717) is 18.7 Å². The van der Waals surface area contributed by atoms with Crippen molar-refractivity contribution in [2.45, 2.75) is 18.9 Å². The highest BCUT2D eigenvalue weighted by atomic mass is 79.9. The lowest BCUT2D eigenvalue weighted by molar-refractivity contribution is -0.119. The van der Waals surface area contributed by atoms with E-state index >= 15 is 0 Å². The number of carbonyl (C=O) groups is 2. The Morgan fingerprint density at radius 1 is 1.09 bits per heavy atom. The number of aryl methyl sites for hydroxylation is 1. The number of para-hydroxylation sites is 1. The molecule has 5 rings (SSSR count). The minimum atomic E-state index is -0.608. The molecule has 0 spiro atoms. The maximum atomic E-state index is 14.0. The number of nitrogens with one attached hydrogen (secondary N) is 2. The highest BCUT2D eigenvalue weighted by molar-refractivity contribution is 9.10. The fourth-order valence-electron chi connectivity index (χ4n) is 4.97. The third kappa shape index (κ3) is 4.26. The molecule has 2 atom stereocenters. The SMILES string of the molecule is COCCN1C(=O)c2ccccc2[C@@H](C(=O)Nc2ccc(Br)cc2C)[C@H]1c1c[nH]c2ccccc12. The number of hydrogen-bond acceptors (Lipinski definition) is 3. The van der Waals surface area contributed by atoms with E-state index in [1.165, 1.54) is 0 Å². The zero-order valence-electron chi connectivity index (χ0n) is 19.5. The average Bonchev–Trinajstić information content (AvgIpc) is 3.29. The van der Waals surface area contributed by atoms with Gasteiger partial charge in [-0.25, -0.2) is 0 Å². The van der Waals surface area contributed by atoms with Crippen LogP contribution >= 0.6 is 15.9 Å². The summed E-state index contributed by atoms with van der Waals surface area (Å²) in [6, 6.07) is 20.6. The average molecular weight is 532 g/mol. The van der Waals surface area contributed by atoms with E-state index in [-0.39, 0.29) is 11.8 Å². The third-order valence-electron chi connectivity index (χ3n) is 6.64. The topological polar surface area (TPSA) is 74.4 Å². The number of rotatable bonds is 6. The molecule has 35 heavy (non-hydrogen) atoms. The van der Waals surface area contributed by atoms with E-state index in [1.54, 1.807) is 18.1 Å². The third-order valence-corrected chi connectivity index (χ3v) is 7.14. The second-order valence-electron chi connectivity index (χ2n) is 8.74. The Morgan fingerprint density at radius 3 is 2.66 bits per heavy atom. The lowest BCUT2D eigenvalue weighted by Crippen LogP contribution is -2.47. The van der Waals surface area contributed by atoms with E-state index < -0.39 is 12.0 Å². The van der Waals surface area contributed by atoms with Crippen LogP contribution in [0.25, 0.3) is 10.9 Å². The molecule has 3 aromatic carbocycles. The van der Waals surface area contributed by atoms with Gasteiger partial charge in [0.2, 0.25) is 5.91 Å². The lowest BCUT2D eigenvalue weighted by atomic mass is 9.79. The standard InChI is InChI=1S/C28H26BrN3O3/c1-17-15-18(29)11-12-23(17)31-27(33)25-20-8-3-4-9-21(20)28(34)32(13-14-35-2)26(25)22-16-30-24-10-6-5-7-19(22)24/h3-12,15-16,25-26,30H,13-14H2,1-2H3,(H,31,33)/t25-,26-/m1/s1. The number of methoxy groups -OCH3 is 1. The molecule has 0 saturated heterocycles. The highest BCUT2D eigenvalue weighted by Gasteiger charge is 2.44. The Hall–Kier alpha value is -3.42. The molecule has 2 N–H and O–H groups in total. The molecular formula is C28H26BrN3O3. The number of ether oxygens (including phenoxy) is 1. The molecule has 1 aliphatic heterocycles. The quantitative estimate of drug-likeness (QED) is 0.330. The van der Waals surface area contributed by atoms with Crippen LogP contribution in [0, 0.1) is 6.92 Å². The zero-order valence-corrected chi connectivity index (χ0v) is 21.1. The summed E-state index contributed by atoms with van der Waals surface area (Å²) >= 11 is 3.49. The second kappa shape index (κ2) is 9.68. The first-order valence-electron chi connectivity index (χ1n) is 11.5. The lowest BCUT2D eigenvalue weighted by Gasteiger charge is -2.41. The van der Waals surface area contributed by atoms with Gasteiger partial charge in [-0.15, -0.1) is 0 Å². The Labute approximate surface area is 212 Å². The number of aromatic nitrogens is 1. The number of anilines is 1. The summed E-state index contributed by atoms with van der Waals surface area (Å²) in [5, 5.41) is 4.13. The van der Waals surface area contributed by atoms with Gasteiger partial charge in [0, 0.05) is 52.0 Å². The zero-order chi connectivity index (χ0) is 24.5. The van der Waals surface area contributed by atoms with Crippen molar-refractivity contribution in [2.75, 3.05) is 25.6 Å². The second-order valence-corrected chi connectivity index (χ2v) is 9.65. The molecule has 1 aromatic heterocycles. The van der Waals surface area contributed by atoms with Crippen LogP contribution in [0.4, 0.5) is 5.69 Å². The van der Waals surface area contributed by atoms with Gasteiger partial charge in [-0.2, -0.15) is 0 Å². The number of aromatic amines is 1. The van der Waals surface area contributed by atoms with Gasteiger partial charge in [0.25, 0.3) is 5.91 Å². The maximum Gasteiger partial charge on any atom is 0.254 e. The van der Waals surface area contributed by atoms with Crippen molar-refractivity contribution in [3.05, 3.63) is 99.7 Å². The van der Waals surface area contributed by atoms with Gasteiger partial charge < -0.3 is 19.9 Å². The Balaban J connectivity index is 1.67. The molecule has 7 heteroatoms. The fraction of sp³-hybridized carbons (Fsp3) is 0.214. The van der Waals surface area contributed by atoms with E-state index in [9.17, 15) is 9.59 Å². The largest absolute Gasteiger partial charge is 0.383 e. The molecule has 6 nitrogen and oxygen atoms in total. The molecule has 0 fully saturated rings. The Morgan fingerprint density at radius 2 is 1.86 bits per heavy atom. The normalized spacial score (nSPS) is 17.5. The first kappa shape index (κ1) is 23.3. The highest BCUT2D eigenvalue weighted by Crippen LogP contribution is 2.45. The van der Waals surface area contributed by atoms with Crippen LogP contribution in [0.3, 0.4) is 0 Å². The summed E-state index contributed by atoms with van der Waals surface area (Å²) in [6.07, 6.45) is 1.92. The Bertz CT molecular complexity index is 1410. The van der Waals surface area contributed by atoms with Gasteiger partial charge in [-0.05, 0) is 48.4 Å². The van der Waals surface area contributed by atoms with Gasteiger partial charge in [-0.3, -0.25) is 9.59 Å². The number of hydrogen-bond donors (Lipinski definition) is 2. The van der Waals surface area contributed by atoms with Crippen LogP contribution < -0.4 is 5.32 Å². The predicted octanol–water partition coefficient (Wildman–Crippen LogP) is 5.80. The Kier molecular flexibility index (Phi) is 6.45. The van der Waals surface area contributed by atoms with Crippen LogP contribution in [0.1, 0.15) is 39.0 Å². The van der Waals surface area contributed by atoms with Crippen LogP contribution in [0.5, 0.6) is 0 Å². The van der Waals surface area contributed by atoms with Gasteiger partial charge >= 0.3 is 0 Å². The number of H-pyrrole nitrogens is 1. The maximum absolute atomic E-state index is 14.0. The molecule has 2 amide bonds. The number of fused-ring (bicyclic) bond motifs is 2. The van der Waals surface area contributed by atoms with Crippen molar-refractivity contribution in [1.82, 2.24) is 9.88 Å². The summed E-state index contributed by atoms with van der Waals surface area (Å²) in [5.41, 5.74) is 4.85. The van der Waals surface area contributed by atoms with Crippen molar-refractivity contribution >= 4 is 44.3 Å².